The second-order valence-electron chi connectivity index (χ2n) is 14.3. The van der Waals surface area contributed by atoms with E-state index in [4.69, 9.17) is 52.1 Å². The fourth-order valence-corrected chi connectivity index (χ4v) is 7.98. The molecule has 0 spiro atoms. The van der Waals surface area contributed by atoms with Gasteiger partial charge in [-0.2, -0.15) is 41.8 Å². The smallest absolute Gasteiger partial charge is 0.409 e. The first-order valence-corrected chi connectivity index (χ1v) is 19.6. The summed E-state index contributed by atoms with van der Waals surface area (Å²) >= 11 is 23.3. The van der Waals surface area contributed by atoms with Crippen molar-refractivity contribution in [3.8, 4) is 6.07 Å². The van der Waals surface area contributed by atoms with Crippen LogP contribution in [0.2, 0.25) is 20.1 Å². The highest BCUT2D eigenvalue weighted by atomic mass is 35.5. The average Bonchev–Trinajstić information content (AvgIpc) is 3.67. The predicted octanol–water partition coefficient (Wildman–Crippen LogP) is 8.43. The number of alkyl halides is 6. The van der Waals surface area contributed by atoms with Gasteiger partial charge < -0.3 is 20.7 Å². The summed E-state index contributed by atoms with van der Waals surface area (Å²) in [6.07, 6.45) is -7.83. The normalized spacial score (nSPS) is 16.8. The van der Waals surface area contributed by atoms with E-state index in [1.165, 1.54) is 23.6 Å². The zero-order valence-electron chi connectivity index (χ0n) is 31.9. The number of rotatable bonds is 7. The van der Waals surface area contributed by atoms with Crippen LogP contribution in [0, 0.1) is 25.2 Å². The van der Waals surface area contributed by atoms with E-state index in [-0.39, 0.29) is 49.3 Å². The zero-order valence-corrected chi connectivity index (χ0v) is 34.9. The van der Waals surface area contributed by atoms with Gasteiger partial charge in [0, 0.05) is 36.2 Å². The second kappa shape index (κ2) is 18.1. The van der Waals surface area contributed by atoms with Crippen LogP contribution in [0.25, 0.3) is 0 Å². The molecule has 2 aromatic carbocycles. The molecule has 60 heavy (non-hydrogen) atoms. The van der Waals surface area contributed by atoms with Crippen molar-refractivity contribution >= 4 is 64.1 Å². The SMILES string of the molecule is Cc1c(Cl)c(C(F)(F)F)nn1CC(=O)N1CCC(C#N)(c2ccc(Cl)cc2)CC1.Cc1c(Cl)c(C(F)(F)F)nn1CC(=O)N1CCC(C(N)=NO)(c2ccc(Cl)cc2)CC1. The van der Waals surface area contributed by atoms with E-state index < -0.39 is 50.5 Å². The Morgan fingerprint density at radius 2 is 1.10 bits per heavy atom. The molecule has 2 aliphatic heterocycles. The number of oxime groups is 1. The number of aromatic nitrogens is 4. The summed E-state index contributed by atoms with van der Waals surface area (Å²) in [5.41, 5.74) is 3.85. The van der Waals surface area contributed by atoms with Crippen molar-refractivity contribution in [2.75, 3.05) is 26.2 Å². The number of nitriles is 1. The van der Waals surface area contributed by atoms with Gasteiger partial charge in [0.05, 0.1) is 38.3 Å². The standard InChI is InChI=1S/C19H20Cl2F3N5O2.C19H17Cl2F3N4O/c1-11-15(21)16(19(22,23)24)26-29(11)10-14(30)28-8-6-18(7-9-28,17(25)27-31)12-2-4-13(20)5-3-12;1-12-16(21)17(19(22,23)24)26-28(12)10-15(29)27-8-6-18(11-25,7-9-27)13-2-4-14(20)5-3-13/h2-5,31H,6-10H2,1H3,(H2,25,27);2-5H,6-10H2,1H3. The van der Waals surface area contributed by atoms with E-state index >= 15 is 0 Å². The van der Waals surface area contributed by atoms with Crippen molar-refractivity contribution in [3.63, 3.8) is 0 Å². The van der Waals surface area contributed by atoms with Gasteiger partial charge in [-0.25, -0.2) is 0 Å². The van der Waals surface area contributed by atoms with Gasteiger partial charge in [0.2, 0.25) is 11.8 Å². The maximum Gasteiger partial charge on any atom is 0.436 e. The van der Waals surface area contributed by atoms with Crippen LogP contribution < -0.4 is 5.73 Å². The molecule has 2 aliphatic rings. The van der Waals surface area contributed by atoms with Crippen molar-refractivity contribution in [1.29, 1.82) is 5.26 Å². The molecule has 4 aromatic rings. The molecular weight excluding hydrogens is 886 g/mol. The van der Waals surface area contributed by atoms with E-state index in [1.54, 1.807) is 48.5 Å². The van der Waals surface area contributed by atoms with Crippen LogP contribution in [0.5, 0.6) is 0 Å². The van der Waals surface area contributed by atoms with Crippen LogP contribution in [0.1, 0.15) is 59.6 Å². The number of nitrogens with zero attached hydrogens (tertiary/aromatic N) is 8. The number of benzene rings is 2. The lowest BCUT2D eigenvalue weighted by Crippen LogP contribution is -2.52. The van der Waals surface area contributed by atoms with Crippen LogP contribution in [0.4, 0.5) is 26.3 Å². The largest absolute Gasteiger partial charge is 0.436 e. The van der Waals surface area contributed by atoms with Crippen molar-refractivity contribution in [1.82, 2.24) is 29.4 Å². The Morgan fingerprint density at radius 3 is 1.43 bits per heavy atom. The van der Waals surface area contributed by atoms with Crippen LogP contribution >= 0.6 is 46.4 Å². The Labute approximate surface area is 360 Å². The maximum absolute atomic E-state index is 13.0. The molecule has 12 nitrogen and oxygen atoms in total. The number of amides is 2. The second-order valence-corrected chi connectivity index (χ2v) is 16.0. The zero-order chi connectivity index (χ0) is 44.4. The third-order valence-electron chi connectivity index (χ3n) is 10.9. The Kier molecular flexibility index (Phi) is 14.0. The van der Waals surface area contributed by atoms with Gasteiger partial charge in [0.1, 0.15) is 18.9 Å². The number of hydrogen-bond acceptors (Lipinski definition) is 7. The number of halogens is 10. The fourth-order valence-electron chi connectivity index (χ4n) is 7.24. The molecule has 0 unspecified atom stereocenters. The lowest BCUT2D eigenvalue weighted by atomic mass is 9.72. The number of piperidine rings is 2. The minimum absolute atomic E-state index is 0.0199. The average molecular weight is 924 g/mol. The highest BCUT2D eigenvalue weighted by molar-refractivity contribution is 6.32. The lowest BCUT2D eigenvalue weighted by molar-refractivity contribution is -0.142. The first kappa shape index (κ1) is 46.4. The van der Waals surface area contributed by atoms with Crippen LogP contribution in [0.3, 0.4) is 0 Å². The minimum atomic E-state index is -4.71. The summed E-state index contributed by atoms with van der Waals surface area (Å²) in [7, 11) is 0. The van der Waals surface area contributed by atoms with Gasteiger partial charge >= 0.3 is 12.4 Å². The number of carbonyl (C=O) groups excluding carboxylic acids is 2. The molecule has 0 aliphatic carbocycles. The fraction of sp³-hybridized carbons (Fsp3) is 0.421. The van der Waals surface area contributed by atoms with Crippen LogP contribution in [-0.2, 0) is 45.9 Å². The molecular formula is C38H37Cl4F6N9O3. The Bertz CT molecular complexity index is 2270. The molecule has 6 rings (SSSR count). The Balaban J connectivity index is 0.000000228. The van der Waals surface area contributed by atoms with Gasteiger partial charge in [-0.3, -0.25) is 19.0 Å². The number of nitrogens with two attached hydrogens (primary N) is 1. The summed E-state index contributed by atoms with van der Waals surface area (Å²) < 4.78 is 79.8. The number of hydrogen-bond donors (Lipinski definition) is 2. The minimum Gasteiger partial charge on any atom is -0.409 e. The summed E-state index contributed by atoms with van der Waals surface area (Å²) in [5, 5.41) is 29.3. The Hall–Kier alpha value is -4.70. The van der Waals surface area contributed by atoms with E-state index in [0.29, 0.717) is 48.8 Å². The van der Waals surface area contributed by atoms with Crippen molar-refractivity contribution in [2.24, 2.45) is 10.9 Å². The molecule has 0 atom stereocenters. The molecule has 0 saturated carbocycles. The summed E-state index contributed by atoms with van der Waals surface area (Å²) in [5.74, 6) is -0.754. The third kappa shape index (κ3) is 9.75. The number of amidine groups is 1. The quantitative estimate of drug-likeness (QED) is 0.0619. The highest BCUT2D eigenvalue weighted by Crippen LogP contribution is 2.39. The molecule has 2 fully saturated rings. The number of carbonyl (C=O) groups is 2. The van der Waals surface area contributed by atoms with Crippen molar-refractivity contribution in [3.05, 3.63) is 103 Å². The molecule has 2 amide bonds. The van der Waals surface area contributed by atoms with E-state index in [1.807, 2.05) is 0 Å². The predicted molar refractivity (Wildman–Crippen MR) is 211 cm³/mol. The number of likely N-dealkylation sites (tertiary alicyclic amines) is 2. The van der Waals surface area contributed by atoms with E-state index in [9.17, 15) is 46.4 Å². The first-order valence-electron chi connectivity index (χ1n) is 18.1. The molecule has 0 bridgehead atoms. The monoisotopic (exact) mass is 921 g/mol. The van der Waals surface area contributed by atoms with Crippen LogP contribution in [-0.4, -0.2) is 78.4 Å². The topological polar surface area (TPSA) is 159 Å². The lowest BCUT2D eigenvalue weighted by Gasteiger charge is -2.41. The van der Waals surface area contributed by atoms with Crippen molar-refractivity contribution in [2.45, 2.75) is 75.8 Å². The first-order chi connectivity index (χ1) is 28.1. The molecule has 0 radical (unpaired) electrons. The highest BCUT2D eigenvalue weighted by Gasteiger charge is 2.43. The van der Waals surface area contributed by atoms with Gasteiger partial charge in [0.15, 0.2) is 11.4 Å². The van der Waals surface area contributed by atoms with Gasteiger partial charge in [-0.05, 0) is 74.9 Å². The summed E-state index contributed by atoms with van der Waals surface area (Å²) in [6.45, 7) is 3.19. The molecule has 2 saturated heterocycles. The van der Waals surface area contributed by atoms with Crippen molar-refractivity contribution < 1.29 is 41.1 Å². The molecule has 4 heterocycles. The molecule has 22 heteroatoms. The molecule has 3 N–H and O–H groups in total. The van der Waals surface area contributed by atoms with Gasteiger partial charge in [0.25, 0.3) is 0 Å². The third-order valence-corrected chi connectivity index (χ3v) is 12.3. The maximum atomic E-state index is 13.0. The molecule has 2 aromatic heterocycles. The Morgan fingerprint density at radius 1 is 0.733 bits per heavy atom. The van der Waals surface area contributed by atoms with E-state index in [0.717, 1.165) is 20.5 Å². The van der Waals surface area contributed by atoms with Gasteiger partial charge in [-0.1, -0.05) is 75.8 Å². The van der Waals surface area contributed by atoms with Crippen LogP contribution in [0.15, 0.2) is 53.7 Å². The molecule has 322 valence electrons. The van der Waals surface area contributed by atoms with Gasteiger partial charge in [-0.15, -0.1) is 0 Å². The van der Waals surface area contributed by atoms with E-state index in [2.05, 4.69) is 21.4 Å². The summed E-state index contributed by atoms with van der Waals surface area (Å²) in [4.78, 5) is 28.4. The summed E-state index contributed by atoms with van der Waals surface area (Å²) in [6, 6.07) is 16.4.